The molecule has 0 aromatic carbocycles. The van der Waals surface area contributed by atoms with Crippen LogP contribution >= 0.6 is 0 Å². The molecule has 0 aliphatic carbocycles. The Hall–Kier alpha value is -0.300. The number of nitrogens with one attached hydrogen (secondary N) is 1. The summed E-state index contributed by atoms with van der Waals surface area (Å²) >= 11 is 0. The third kappa shape index (κ3) is 9.70. The summed E-state index contributed by atoms with van der Waals surface area (Å²) < 4.78 is 0. The van der Waals surface area contributed by atoms with Crippen molar-refractivity contribution in [3.05, 3.63) is 12.2 Å². The van der Waals surface area contributed by atoms with Crippen molar-refractivity contribution in [2.24, 2.45) is 0 Å². The Labute approximate surface area is 70.9 Å². The second-order valence-corrected chi connectivity index (χ2v) is 2.86. The van der Waals surface area contributed by atoms with Gasteiger partial charge in [-0.25, -0.2) is 0 Å². The SMILES string of the molecule is CCCC/C=C\CCCNC. The second kappa shape index (κ2) is 9.70. The molecule has 0 amide bonds. The summed E-state index contributed by atoms with van der Waals surface area (Å²) in [7, 11) is 2.00. The first-order valence-corrected chi connectivity index (χ1v) is 4.71. The average molecular weight is 155 g/mol. The summed E-state index contributed by atoms with van der Waals surface area (Å²) in [6.07, 6.45) is 11.0. The third-order valence-corrected chi connectivity index (χ3v) is 1.69. The van der Waals surface area contributed by atoms with E-state index in [4.69, 9.17) is 0 Å². The van der Waals surface area contributed by atoms with Crippen LogP contribution in [0.3, 0.4) is 0 Å². The van der Waals surface area contributed by atoms with E-state index in [1.54, 1.807) is 0 Å². The van der Waals surface area contributed by atoms with Crippen LogP contribution in [0.1, 0.15) is 39.0 Å². The molecule has 11 heavy (non-hydrogen) atoms. The van der Waals surface area contributed by atoms with Crippen molar-refractivity contribution < 1.29 is 0 Å². The molecule has 0 saturated heterocycles. The predicted molar refractivity (Wildman–Crippen MR) is 51.8 cm³/mol. The highest BCUT2D eigenvalue weighted by atomic mass is 14.8. The van der Waals surface area contributed by atoms with Gasteiger partial charge in [0, 0.05) is 0 Å². The van der Waals surface area contributed by atoms with E-state index in [9.17, 15) is 0 Å². The van der Waals surface area contributed by atoms with Gasteiger partial charge >= 0.3 is 0 Å². The quantitative estimate of drug-likeness (QED) is 0.440. The fourth-order valence-corrected chi connectivity index (χ4v) is 0.954. The lowest BCUT2D eigenvalue weighted by Crippen LogP contribution is -2.06. The van der Waals surface area contributed by atoms with Gasteiger partial charge in [0.15, 0.2) is 0 Å². The van der Waals surface area contributed by atoms with Gasteiger partial charge in [0.1, 0.15) is 0 Å². The molecule has 0 heterocycles. The molecule has 0 aliphatic rings. The Bertz CT molecular complexity index is 86.9. The molecule has 0 spiro atoms. The maximum atomic E-state index is 3.14. The maximum absolute atomic E-state index is 3.14. The van der Waals surface area contributed by atoms with Gasteiger partial charge in [-0.15, -0.1) is 0 Å². The first-order valence-electron chi connectivity index (χ1n) is 4.71. The summed E-state index contributed by atoms with van der Waals surface area (Å²) in [5.41, 5.74) is 0. The Morgan fingerprint density at radius 2 is 1.73 bits per heavy atom. The summed E-state index contributed by atoms with van der Waals surface area (Å²) in [6.45, 7) is 3.37. The molecule has 0 rings (SSSR count). The van der Waals surface area contributed by atoms with E-state index in [2.05, 4.69) is 24.4 Å². The summed E-state index contributed by atoms with van der Waals surface area (Å²) in [5, 5.41) is 3.14. The highest BCUT2D eigenvalue weighted by Crippen LogP contribution is 1.97. The van der Waals surface area contributed by atoms with Crippen LogP contribution in [0.15, 0.2) is 12.2 Å². The van der Waals surface area contributed by atoms with E-state index >= 15 is 0 Å². The minimum Gasteiger partial charge on any atom is -0.320 e. The van der Waals surface area contributed by atoms with Crippen LogP contribution < -0.4 is 5.32 Å². The fourth-order valence-electron chi connectivity index (χ4n) is 0.954. The molecule has 0 aliphatic heterocycles. The van der Waals surface area contributed by atoms with Gasteiger partial charge < -0.3 is 5.32 Å². The van der Waals surface area contributed by atoms with Gasteiger partial charge in [-0.1, -0.05) is 31.9 Å². The van der Waals surface area contributed by atoms with Crippen LogP contribution in [0, 0.1) is 0 Å². The van der Waals surface area contributed by atoms with Gasteiger partial charge in [0.05, 0.1) is 0 Å². The molecule has 0 aromatic rings. The smallest absolute Gasteiger partial charge is 0.00490 e. The lowest BCUT2D eigenvalue weighted by atomic mass is 10.2. The highest BCUT2D eigenvalue weighted by Gasteiger charge is 1.80. The largest absolute Gasteiger partial charge is 0.320 e. The van der Waals surface area contributed by atoms with Crippen molar-refractivity contribution in [3.8, 4) is 0 Å². The first-order chi connectivity index (χ1) is 5.41. The van der Waals surface area contributed by atoms with Crippen LogP contribution in [-0.4, -0.2) is 13.6 Å². The predicted octanol–water partition coefficient (Wildman–Crippen LogP) is 2.73. The molecular weight excluding hydrogens is 134 g/mol. The van der Waals surface area contributed by atoms with Crippen molar-refractivity contribution in [2.75, 3.05) is 13.6 Å². The number of allylic oxidation sites excluding steroid dienone is 2. The molecule has 0 fully saturated rings. The van der Waals surface area contributed by atoms with E-state index in [1.165, 1.54) is 32.1 Å². The third-order valence-electron chi connectivity index (χ3n) is 1.69. The monoisotopic (exact) mass is 155 g/mol. The van der Waals surface area contributed by atoms with Gasteiger partial charge in [-0.05, 0) is 32.9 Å². The lowest BCUT2D eigenvalue weighted by Gasteiger charge is -1.93. The van der Waals surface area contributed by atoms with Gasteiger partial charge in [-0.2, -0.15) is 0 Å². The van der Waals surface area contributed by atoms with E-state index < -0.39 is 0 Å². The molecule has 1 nitrogen and oxygen atoms in total. The standard InChI is InChI=1S/C10H21N/c1-3-4-5-6-7-8-9-10-11-2/h6-7,11H,3-5,8-10H2,1-2H3/b7-6-. The molecular formula is C10H21N. The molecule has 0 aromatic heterocycles. The van der Waals surface area contributed by atoms with Crippen LogP contribution in [-0.2, 0) is 0 Å². The highest BCUT2D eigenvalue weighted by molar-refractivity contribution is 4.81. The molecule has 0 unspecified atom stereocenters. The lowest BCUT2D eigenvalue weighted by molar-refractivity contribution is 0.732. The average Bonchev–Trinajstić information content (AvgIpc) is 2.03. The topological polar surface area (TPSA) is 12.0 Å². The van der Waals surface area contributed by atoms with Crippen molar-refractivity contribution in [3.63, 3.8) is 0 Å². The number of unbranched alkanes of at least 4 members (excludes halogenated alkanes) is 3. The Kier molecular flexibility index (Phi) is 9.44. The molecule has 1 N–H and O–H groups in total. The van der Waals surface area contributed by atoms with Gasteiger partial charge in [-0.3, -0.25) is 0 Å². The minimum atomic E-state index is 1.14. The molecule has 0 radical (unpaired) electrons. The van der Waals surface area contributed by atoms with Crippen LogP contribution in [0.5, 0.6) is 0 Å². The summed E-state index contributed by atoms with van der Waals surface area (Å²) in [5.74, 6) is 0. The van der Waals surface area contributed by atoms with Crippen molar-refractivity contribution in [2.45, 2.75) is 39.0 Å². The zero-order valence-electron chi connectivity index (χ0n) is 7.90. The van der Waals surface area contributed by atoms with Gasteiger partial charge in [0.25, 0.3) is 0 Å². The number of hydrogen-bond donors (Lipinski definition) is 1. The zero-order chi connectivity index (χ0) is 8.36. The first kappa shape index (κ1) is 10.7. The van der Waals surface area contributed by atoms with E-state index in [0.29, 0.717) is 0 Å². The molecule has 66 valence electrons. The van der Waals surface area contributed by atoms with E-state index in [-0.39, 0.29) is 0 Å². The van der Waals surface area contributed by atoms with E-state index in [0.717, 1.165) is 6.54 Å². The van der Waals surface area contributed by atoms with Crippen molar-refractivity contribution in [1.29, 1.82) is 0 Å². The Balaban J connectivity index is 2.91. The van der Waals surface area contributed by atoms with Crippen molar-refractivity contribution >= 4 is 0 Å². The fraction of sp³-hybridized carbons (Fsp3) is 0.800. The molecule has 0 saturated carbocycles. The summed E-state index contributed by atoms with van der Waals surface area (Å²) in [6, 6.07) is 0. The van der Waals surface area contributed by atoms with Crippen LogP contribution in [0.25, 0.3) is 0 Å². The zero-order valence-corrected chi connectivity index (χ0v) is 7.90. The molecule has 1 heteroatoms. The minimum absolute atomic E-state index is 1.14. The van der Waals surface area contributed by atoms with Crippen LogP contribution in [0.4, 0.5) is 0 Å². The second-order valence-electron chi connectivity index (χ2n) is 2.86. The normalized spacial score (nSPS) is 11.1. The maximum Gasteiger partial charge on any atom is -0.00490 e. The van der Waals surface area contributed by atoms with E-state index in [1.807, 2.05) is 7.05 Å². The number of rotatable bonds is 7. The Morgan fingerprint density at radius 1 is 1.09 bits per heavy atom. The number of hydrogen-bond acceptors (Lipinski definition) is 1. The molecule has 0 atom stereocenters. The van der Waals surface area contributed by atoms with Gasteiger partial charge in [0.2, 0.25) is 0 Å². The summed E-state index contributed by atoms with van der Waals surface area (Å²) in [4.78, 5) is 0. The van der Waals surface area contributed by atoms with Crippen LogP contribution in [0.2, 0.25) is 0 Å². The molecule has 0 bridgehead atoms. The van der Waals surface area contributed by atoms with Crippen molar-refractivity contribution in [1.82, 2.24) is 5.32 Å². The Morgan fingerprint density at radius 3 is 2.27 bits per heavy atom.